The van der Waals surface area contributed by atoms with Crippen LogP contribution in [0.15, 0.2) is 12.1 Å². The summed E-state index contributed by atoms with van der Waals surface area (Å²) in [6.07, 6.45) is 1.71. The highest BCUT2D eigenvalue weighted by molar-refractivity contribution is 5.22. The summed E-state index contributed by atoms with van der Waals surface area (Å²) in [5, 5.41) is 13.0. The van der Waals surface area contributed by atoms with Crippen molar-refractivity contribution in [2.45, 2.75) is 31.4 Å². The van der Waals surface area contributed by atoms with Crippen molar-refractivity contribution < 1.29 is 18.3 Å². The van der Waals surface area contributed by atoms with Gasteiger partial charge in [-0.3, -0.25) is 0 Å². The summed E-state index contributed by atoms with van der Waals surface area (Å²) < 4.78 is 38.8. The van der Waals surface area contributed by atoms with Crippen molar-refractivity contribution in [2.24, 2.45) is 0 Å². The fraction of sp³-hybridized carbons (Fsp3) is 0.500. The van der Waals surface area contributed by atoms with Gasteiger partial charge in [0.25, 0.3) is 0 Å². The van der Waals surface area contributed by atoms with Crippen LogP contribution >= 0.6 is 0 Å². The van der Waals surface area contributed by atoms with Crippen molar-refractivity contribution in [3.8, 4) is 0 Å². The molecule has 0 bridgehead atoms. The number of benzene rings is 1. The van der Waals surface area contributed by atoms with E-state index in [4.69, 9.17) is 0 Å². The highest BCUT2D eigenvalue weighted by atomic mass is 19.2. The highest BCUT2D eigenvalue weighted by Crippen LogP contribution is 2.25. The maximum atomic E-state index is 13.0. The number of hydrogen-bond donors (Lipinski definition) is 2. The molecule has 1 saturated heterocycles. The van der Waals surface area contributed by atoms with E-state index < -0.39 is 23.6 Å². The average Bonchev–Trinajstić information content (AvgIpc) is 2.35. The van der Waals surface area contributed by atoms with E-state index in [0.29, 0.717) is 0 Å². The Kier molecular flexibility index (Phi) is 3.69. The van der Waals surface area contributed by atoms with Gasteiger partial charge in [0, 0.05) is 6.04 Å². The maximum Gasteiger partial charge on any atom is 0.194 e. The molecule has 94 valence electrons. The summed E-state index contributed by atoms with van der Waals surface area (Å²) in [6, 6.07) is 1.46. The molecule has 1 aliphatic heterocycles. The van der Waals surface area contributed by atoms with E-state index in [-0.39, 0.29) is 11.6 Å². The zero-order valence-electron chi connectivity index (χ0n) is 9.22. The smallest absolute Gasteiger partial charge is 0.194 e. The van der Waals surface area contributed by atoms with Gasteiger partial charge in [-0.1, -0.05) is 6.42 Å². The van der Waals surface area contributed by atoms with Crippen LogP contribution in [0.2, 0.25) is 0 Å². The number of aliphatic hydroxyl groups excluding tert-OH is 1. The summed E-state index contributed by atoms with van der Waals surface area (Å²) in [5.41, 5.74) is 0.0702. The van der Waals surface area contributed by atoms with Gasteiger partial charge in [0.2, 0.25) is 0 Å². The Morgan fingerprint density at radius 3 is 2.35 bits per heavy atom. The number of halogens is 3. The van der Waals surface area contributed by atoms with Crippen LogP contribution in [0.4, 0.5) is 13.2 Å². The van der Waals surface area contributed by atoms with Crippen molar-refractivity contribution in [3.05, 3.63) is 35.1 Å². The van der Waals surface area contributed by atoms with Gasteiger partial charge >= 0.3 is 0 Å². The van der Waals surface area contributed by atoms with Gasteiger partial charge in [0.1, 0.15) is 0 Å². The van der Waals surface area contributed by atoms with Crippen LogP contribution in [0.1, 0.15) is 30.9 Å². The van der Waals surface area contributed by atoms with Gasteiger partial charge < -0.3 is 10.4 Å². The first kappa shape index (κ1) is 12.4. The van der Waals surface area contributed by atoms with E-state index in [1.54, 1.807) is 0 Å². The molecule has 2 unspecified atom stereocenters. The summed E-state index contributed by atoms with van der Waals surface area (Å²) in [5.74, 6) is -4.04. The predicted molar refractivity (Wildman–Crippen MR) is 56.9 cm³/mol. The van der Waals surface area contributed by atoms with Crippen molar-refractivity contribution in [1.82, 2.24) is 5.32 Å². The largest absolute Gasteiger partial charge is 0.387 e. The molecule has 17 heavy (non-hydrogen) atoms. The van der Waals surface area contributed by atoms with Gasteiger partial charge in [-0.05, 0) is 37.1 Å². The molecule has 1 aromatic carbocycles. The van der Waals surface area contributed by atoms with Crippen LogP contribution in [0.25, 0.3) is 0 Å². The molecule has 0 amide bonds. The molecule has 1 aromatic rings. The predicted octanol–water partition coefficient (Wildman–Crippen LogP) is 2.28. The van der Waals surface area contributed by atoms with Crippen molar-refractivity contribution in [3.63, 3.8) is 0 Å². The van der Waals surface area contributed by atoms with Crippen molar-refractivity contribution >= 4 is 0 Å². The fourth-order valence-electron chi connectivity index (χ4n) is 2.13. The van der Waals surface area contributed by atoms with E-state index >= 15 is 0 Å². The second-order valence-corrected chi connectivity index (χ2v) is 4.30. The standard InChI is InChI=1S/C12H14F3NO/c13-8-5-7(6-9(14)11(8)15)12(17)10-3-1-2-4-16-10/h5-6,10,12,16-17H,1-4H2. The number of rotatable bonds is 2. The van der Waals surface area contributed by atoms with E-state index in [1.165, 1.54) is 0 Å². The Balaban J connectivity index is 2.21. The third-order valence-electron chi connectivity index (χ3n) is 3.08. The van der Waals surface area contributed by atoms with E-state index in [2.05, 4.69) is 5.32 Å². The molecular weight excluding hydrogens is 231 g/mol. The Hall–Kier alpha value is -1.07. The molecule has 0 aromatic heterocycles. The minimum absolute atomic E-state index is 0.0702. The molecule has 0 aliphatic carbocycles. The highest BCUT2D eigenvalue weighted by Gasteiger charge is 2.24. The molecule has 5 heteroatoms. The lowest BCUT2D eigenvalue weighted by Gasteiger charge is -2.28. The zero-order valence-corrected chi connectivity index (χ0v) is 9.22. The third-order valence-corrected chi connectivity index (χ3v) is 3.08. The molecule has 0 radical (unpaired) electrons. The number of hydrogen-bond acceptors (Lipinski definition) is 2. The Morgan fingerprint density at radius 1 is 1.18 bits per heavy atom. The molecule has 2 atom stereocenters. The second-order valence-electron chi connectivity index (χ2n) is 4.30. The molecule has 0 saturated carbocycles. The van der Waals surface area contributed by atoms with Crippen LogP contribution in [-0.2, 0) is 0 Å². The molecule has 1 heterocycles. The lowest BCUT2D eigenvalue weighted by molar-refractivity contribution is 0.113. The van der Waals surface area contributed by atoms with Crippen molar-refractivity contribution in [2.75, 3.05) is 6.54 Å². The van der Waals surface area contributed by atoms with Crippen LogP contribution in [-0.4, -0.2) is 17.7 Å². The van der Waals surface area contributed by atoms with Gasteiger partial charge in [0.05, 0.1) is 6.10 Å². The molecule has 2 nitrogen and oxygen atoms in total. The summed E-state index contributed by atoms with van der Waals surface area (Å²) >= 11 is 0. The molecule has 2 rings (SSSR count). The van der Waals surface area contributed by atoms with Gasteiger partial charge in [-0.2, -0.15) is 0 Å². The third kappa shape index (κ3) is 2.61. The molecular formula is C12H14F3NO. The van der Waals surface area contributed by atoms with Crippen LogP contribution < -0.4 is 5.32 Å². The first-order chi connectivity index (χ1) is 8.09. The lowest BCUT2D eigenvalue weighted by Crippen LogP contribution is -2.38. The summed E-state index contributed by atoms with van der Waals surface area (Å²) in [4.78, 5) is 0. The van der Waals surface area contributed by atoms with Crippen LogP contribution in [0.5, 0.6) is 0 Å². The average molecular weight is 245 g/mol. The number of piperidine rings is 1. The van der Waals surface area contributed by atoms with Gasteiger partial charge in [0.15, 0.2) is 17.5 Å². The monoisotopic (exact) mass is 245 g/mol. The van der Waals surface area contributed by atoms with Crippen LogP contribution in [0, 0.1) is 17.5 Å². The Bertz CT molecular complexity index is 382. The van der Waals surface area contributed by atoms with Gasteiger partial charge in [-0.25, -0.2) is 13.2 Å². The fourth-order valence-corrected chi connectivity index (χ4v) is 2.13. The minimum atomic E-state index is -1.50. The topological polar surface area (TPSA) is 32.3 Å². The van der Waals surface area contributed by atoms with Gasteiger partial charge in [-0.15, -0.1) is 0 Å². The first-order valence-corrected chi connectivity index (χ1v) is 5.65. The van der Waals surface area contributed by atoms with E-state index in [1.807, 2.05) is 0 Å². The Morgan fingerprint density at radius 2 is 1.82 bits per heavy atom. The Labute approximate surface area is 97.5 Å². The SMILES string of the molecule is OC(c1cc(F)c(F)c(F)c1)C1CCCCN1. The molecule has 1 aliphatic rings. The second kappa shape index (κ2) is 5.06. The number of aliphatic hydroxyl groups is 1. The lowest BCUT2D eigenvalue weighted by atomic mass is 9.95. The molecule has 0 spiro atoms. The quantitative estimate of drug-likeness (QED) is 0.783. The van der Waals surface area contributed by atoms with Crippen molar-refractivity contribution in [1.29, 1.82) is 0 Å². The minimum Gasteiger partial charge on any atom is -0.387 e. The normalized spacial score (nSPS) is 22.5. The zero-order chi connectivity index (χ0) is 12.4. The first-order valence-electron chi connectivity index (χ1n) is 5.65. The molecule has 1 fully saturated rings. The van der Waals surface area contributed by atoms with E-state index in [9.17, 15) is 18.3 Å². The van der Waals surface area contributed by atoms with Crippen LogP contribution in [0.3, 0.4) is 0 Å². The molecule has 2 N–H and O–H groups in total. The van der Waals surface area contributed by atoms with E-state index in [0.717, 1.165) is 37.9 Å². The summed E-state index contributed by atoms with van der Waals surface area (Å²) in [6.45, 7) is 0.772. The number of nitrogens with one attached hydrogen (secondary N) is 1. The summed E-state index contributed by atoms with van der Waals surface area (Å²) in [7, 11) is 0. The maximum absolute atomic E-state index is 13.0.